The summed E-state index contributed by atoms with van der Waals surface area (Å²) in [5.41, 5.74) is 0.185. The normalized spacial score (nSPS) is 26.5. The Balaban J connectivity index is 1.93. The molecule has 1 saturated heterocycles. The summed E-state index contributed by atoms with van der Waals surface area (Å²) in [6, 6.07) is 0. The van der Waals surface area contributed by atoms with Crippen molar-refractivity contribution >= 4 is 5.91 Å². The maximum absolute atomic E-state index is 11.4. The minimum Gasteiger partial charge on any atom is -0.348 e. The topological polar surface area (TPSA) is 32.3 Å². The lowest BCUT2D eigenvalue weighted by Crippen LogP contribution is -2.56. The van der Waals surface area contributed by atoms with Crippen LogP contribution >= 0.6 is 0 Å². The SMILES string of the molecule is CC(C)CN1CC(=O)NC2(CC2)C1. The van der Waals surface area contributed by atoms with Gasteiger partial charge in [0.15, 0.2) is 0 Å². The second-order valence-electron chi connectivity index (χ2n) is 4.89. The number of nitrogens with one attached hydrogen (secondary N) is 1. The molecule has 13 heavy (non-hydrogen) atoms. The molecule has 74 valence electrons. The number of piperazine rings is 1. The first kappa shape index (κ1) is 9.00. The number of nitrogens with zero attached hydrogens (tertiary/aromatic N) is 1. The van der Waals surface area contributed by atoms with Gasteiger partial charge in [0.1, 0.15) is 0 Å². The molecule has 3 nitrogen and oxygen atoms in total. The smallest absolute Gasteiger partial charge is 0.234 e. The summed E-state index contributed by atoms with van der Waals surface area (Å²) in [7, 11) is 0. The van der Waals surface area contributed by atoms with Gasteiger partial charge in [-0.15, -0.1) is 0 Å². The average Bonchev–Trinajstić information content (AvgIpc) is 2.64. The van der Waals surface area contributed by atoms with Crippen LogP contribution in [0, 0.1) is 5.92 Å². The van der Waals surface area contributed by atoms with E-state index in [2.05, 4.69) is 24.1 Å². The molecule has 2 fully saturated rings. The lowest BCUT2D eigenvalue weighted by Gasteiger charge is -2.34. The number of hydrogen-bond donors (Lipinski definition) is 1. The van der Waals surface area contributed by atoms with Gasteiger partial charge in [-0.2, -0.15) is 0 Å². The Kier molecular flexibility index (Phi) is 2.06. The van der Waals surface area contributed by atoms with Gasteiger partial charge in [-0.25, -0.2) is 0 Å². The number of amides is 1. The lowest BCUT2D eigenvalue weighted by atomic mass is 10.1. The Hall–Kier alpha value is -0.570. The van der Waals surface area contributed by atoms with Crippen LogP contribution in [0.15, 0.2) is 0 Å². The van der Waals surface area contributed by atoms with Crippen molar-refractivity contribution in [1.82, 2.24) is 10.2 Å². The molecule has 1 amide bonds. The Labute approximate surface area is 79.5 Å². The van der Waals surface area contributed by atoms with E-state index in [1.807, 2.05) is 0 Å². The summed E-state index contributed by atoms with van der Waals surface area (Å²) in [6.07, 6.45) is 2.35. The molecule has 1 aliphatic heterocycles. The Morgan fingerprint density at radius 3 is 2.77 bits per heavy atom. The van der Waals surface area contributed by atoms with Crippen LogP contribution in [0.2, 0.25) is 0 Å². The first-order chi connectivity index (χ1) is 6.10. The van der Waals surface area contributed by atoms with Crippen molar-refractivity contribution in [2.75, 3.05) is 19.6 Å². The van der Waals surface area contributed by atoms with Gasteiger partial charge in [0.2, 0.25) is 5.91 Å². The number of carbonyl (C=O) groups excluding carboxylic acids is 1. The molecule has 2 rings (SSSR count). The summed E-state index contributed by atoms with van der Waals surface area (Å²) in [5, 5.41) is 3.09. The molecule has 0 aromatic carbocycles. The van der Waals surface area contributed by atoms with E-state index in [1.165, 1.54) is 12.8 Å². The van der Waals surface area contributed by atoms with E-state index < -0.39 is 0 Å². The number of hydrogen-bond acceptors (Lipinski definition) is 2. The molecule has 1 aliphatic carbocycles. The van der Waals surface area contributed by atoms with Crippen LogP contribution in [0.1, 0.15) is 26.7 Å². The van der Waals surface area contributed by atoms with Gasteiger partial charge >= 0.3 is 0 Å². The zero-order chi connectivity index (χ0) is 9.47. The molecule has 0 bridgehead atoms. The van der Waals surface area contributed by atoms with Gasteiger partial charge in [-0.1, -0.05) is 13.8 Å². The zero-order valence-corrected chi connectivity index (χ0v) is 8.47. The van der Waals surface area contributed by atoms with Crippen molar-refractivity contribution in [2.45, 2.75) is 32.2 Å². The van der Waals surface area contributed by atoms with E-state index in [-0.39, 0.29) is 11.4 Å². The average molecular weight is 182 g/mol. The second kappa shape index (κ2) is 2.98. The van der Waals surface area contributed by atoms with Crippen LogP contribution in [0.5, 0.6) is 0 Å². The van der Waals surface area contributed by atoms with Gasteiger partial charge in [-0.05, 0) is 18.8 Å². The molecule has 1 N–H and O–H groups in total. The van der Waals surface area contributed by atoms with E-state index in [1.54, 1.807) is 0 Å². The summed E-state index contributed by atoms with van der Waals surface area (Å²) < 4.78 is 0. The molecule has 0 aromatic rings. The molecule has 1 saturated carbocycles. The molecule has 1 heterocycles. The van der Waals surface area contributed by atoms with Crippen molar-refractivity contribution < 1.29 is 4.79 Å². The Bertz CT molecular complexity index is 221. The summed E-state index contributed by atoms with van der Waals surface area (Å²) in [6.45, 7) is 7.12. The van der Waals surface area contributed by atoms with Crippen LogP contribution in [-0.2, 0) is 4.79 Å². The summed E-state index contributed by atoms with van der Waals surface area (Å²) in [5.74, 6) is 0.867. The number of carbonyl (C=O) groups is 1. The fourth-order valence-corrected chi connectivity index (χ4v) is 2.14. The fraction of sp³-hybridized carbons (Fsp3) is 0.900. The van der Waals surface area contributed by atoms with Crippen molar-refractivity contribution in [1.29, 1.82) is 0 Å². The second-order valence-corrected chi connectivity index (χ2v) is 4.89. The molecule has 1 spiro atoms. The van der Waals surface area contributed by atoms with E-state index in [9.17, 15) is 4.79 Å². The van der Waals surface area contributed by atoms with Crippen molar-refractivity contribution in [3.8, 4) is 0 Å². The first-order valence-corrected chi connectivity index (χ1v) is 5.13. The highest BCUT2D eigenvalue weighted by atomic mass is 16.2. The van der Waals surface area contributed by atoms with E-state index in [0.717, 1.165) is 13.1 Å². The Morgan fingerprint density at radius 2 is 2.23 bits per heavy atom. The third-order valence-electron chi connectivity index (χ3n) is 2.77. The highest BCUT2D eigenvalue weighted by Crippen LogP contribution is 2.37. The molecule has 3 heteroatoms. The van der Waals surface area contributed by atoms with Gasteiger partial charge in [0.25, 0.3) is 0 Å². The van der Waals surface area contributed by atoms with E-state index in [4.69, 9.17) is 0 Å². The fourth-order valence-electron chi connectivity index (χ4n) is 2.14. The zero-order valence-electron chi connectivity index (χ0n) is 8.47. The third kappa shape index (κ3) is 2.02. The van der Waals surface area contributed by atoms with E-state index in [0.29, 0.717) is 12.5 Å². The van der Waals surface area contributed by atoms with Crippen LogP contribution in [0.25, 0.3) is 0 Å². The van der Waals surface area contributed by atoms with Crippen LogP contribution in [0.4, 0.5) is 0 Å². The van der Waals surface area contributed by atoms with Gasteiger partial charge in [-0.3, -0.25) is 9.69 Å². The van der Waals surface area contributed by atoms with Crippen molar-refractivity contribution in [3.63, 3.8) is 0 Å². The molecular formula is C10H18N2O. The largest absolute Gasteiger partial charge is 0.348 e. The minimum absolute atomic E-state index is 0.185. The van der Waals surface area contributed by atoms with Gasteiger partial charge in [0, 0.05) is 13.1 Å². The maximum Gasteiger partial charge on any atom is 0.234 e. The molecule has 0 aromatic heterocycles. The van der Waals surface area contributed by atoms with Crippen LogP contribution in [-0.4, -0.2) is 36.0 Å². The third-order valence-corrected chi connectivity index (χ3v) is 2.77. The predicted octanol–water partition coefficient (Wildman–Crippen LogP) is 0.607. The van der Waals surface area contributed by atoms with Gasteiger partial charge in [0.05, 0.1) is 12.1 Å². The highest BCUT2D eigenvalue weighted by Gasteiger charge is 2.47. The summed E-state index contributed by atoms with van der Waals surface area (Å²) in [4.78, 5) is 13.6. The number of rotatable bonds is 2. The van der Waals surface area contributed by atoms with E-state index >= 15 is 0 Å². The molecule has 0 atom stereocenters. The van der Waals surface area contributed by atoms with Crippen molar-refractivity contribution in [3.05, 3.63) is 0 Å². The standard InChI is InChI=1S/C10H18N2O/c1-8(2)5-12-6-9(13)11-10(7-12)3-4-10/h8H,3-7H2,1-2H3,(H,11,13). The minimum atomic E-state index is 0.185. The van der Waals surface area contributed by atoms with Gasteiger partial charge < -0.3 is 5.32 Å². The quantitative estimate of drug-likeness (QED) is 0.678. The monoisotopic (exact) mass is 182 g/mol. The predicted molar refractivity (Wildman–Crippen MR) is 51.4 cm³/mol. The molecular weight excluding hydrogens is 164 g/mol. The molecule has 0 unspecified atom stereocenters. The van der Waals surface area contributed by atoms with Crippen LogP contribution in [0.3, 0.4) is 0 Å². The molecule has 0 radical (unpaired) electrons. The Morgan fingerprint density at radius 1 is 1.54 bits per heavy atom. The summed E-state index contributed by atoms with van der Waals surface area (Å²) >= 11 is 0. The maximum atomic E-state index is 11.4. The lowest BCUT2D eigenvalue weighted by molar-refractivity contribution is -0.126. The first-order valence-electron chi connectivity index (χ1n) is 5.13. The van der Waals surface area contributed by atoms with Crippen molar-refractivity contribution in [2.24, 2.45) is 5.92 Å². The highest BCUT2D eigenvalue weighted by molar-refractivity contribution is 5.80. The molecule has 2 aliphatic rings. The van der Waals surface area contributed by atoms with Crippen LogP contribution < -0.4 is 5.32 Å².